The number of aryl methyl sites for hydroxylation is 1. The molecule has 3 aromatic rings. The van der Waals surface area contributed by atoms with Crippen LogP contribution in [0, 0.1) is 0 Å². The number of hydrogen-bond donors (Lipinski definition) is 1. The van der Waals surface area contributed by atoms with Crippen LogP contribution in [0.2, 0.25) is 10.0 Å². The highest BCUT2D eigenvalue weighted by Gasteiger charge is 2.14. The van der Waals surface area contributed by atoms with Crippen molar-refractivity contribution in [1.29, 1.82) is 0 Å². The summed E-state index contributed by atoms with van der Waals surface area (Å²) in [5.41, 5.74) is 1.84. The molecule has 0 aliphatic carbocycles. The van der Waals surface area contributed by atoms with E-state index in [1.165, 1.54) is 11.8 Å². The number of imidazole rings is 1. The minimum atomic E-state index is -0.800. The summed E-state index contributed by atoms with van der Waals surface area (Å²) >= 11 is 13.7. The second-order valence-electron chi connectivity index (χ2n) is 5.21. The molecule has 0 radical (unpaired) electrons. The summed E-state index contributed by atoms with van der Waals surface area (Å²) in [6, 6.07) is 13.1. The number of para-hydroxylation sites is 2. The van der Waals surface area contributed by atoms with E-state index in [0.29, 0.717) is 23.0 Å². The van der Waals surface area contributed by atoms with Crippen LogP contribution in [0.3, 0.4) is 0 Å². The van der Waals surface area contributed by atoms with Gasteiger partial charge in [0, 0.05) is 22.9 Å². The zero-order valence-electron chi connectivity index (χ0n) is 12.6. The number of benzene rings is 2. The molecular formula is C17H14Cl2N2O2S. The van der Waals surface area contributed by atoms with E-state index < -0.39 is 5.97 Å². The van der Waals surface area contributed by atoms with Crippen LogP contribution in [-0.2, 0) is 11.3 Å². The lowest BCUT2D eigenvalue weighted by Crippen LogP contribution is -2.03. The average Bonchev–Trinajstić information content (AvgIpc) is 2.88. The Bertz CT molecular complexity index is 895. The molecule has 0 saturated heterocycles. The van der Waals surface area contributed by atoms with Crippen LogP contribution in [0.1, 0.15) is 12.8 Å². The summed E-state index contributed by atoms with van der Waals surface area (Å²) in [5, 5.41) is 10.8. The number of fused-ring (bicyclic) bond motifs is 1. The van der Waals surface area contributed by atoms with Crippen molar-refractivity contribution in [3.8, 4) is 0 Å². The van der Waals surface area contributed by atoms with Gasteiger partial charge in [0.2, 0.25) is 0 Å². The number of carbonyl (C=O) groups is 1. The van der Waals surface area contributed by atoms with Crippen LogP contribution < -0.4 is 0 Å². The molecule has 0 amide bonds. The maximum atomic E-state index is 10.8. The average molecular weight is 381 g/mol. The van der Waals surface area contributed by atoms with Crippen molar-refractivity contribution in [3.63, 3.8) is 0 Å². The first kappa shape index (κ1) is 17.1. The summed E-state index contributed by atoms with van der Waals surface area (Å²) < 4.78 is 2.03. The highest BCUT2D eigenvalue weighted by molar-refractivity contribution is 7.99. The third kappa shape index (κ3) is 3.86. The van der Waals surface area contributed by atoms with Crippen molar-refractivity contribution < 1.29 is 9.90 Å². The maximum absolute atomic E-state index is 10.8. The van der Waals surface area contributed by atoms with E-state index in [4.69, 9.17) is 28.3 Å². The van der Waals surface area contributed by atoms with Gasteiger partial charge in [-0.15, -0.1) is 0 Å². The van der Waals surface area contributed by atoms with Crippen molar-refractivity contribution in [1.82, 2.24) is 9.55 Å². The van der Waals surface area contributed by atoms with Gasteiger partial charge in [0.15, 0.2) is 5.16 Å². The summed E-state index contributed by atoms with van der Waals surface area (Å²) in [6.07, 6.45) is 0.654. The Labute approximate surface area is 153 Å². The Morgan fingerprint density at radius 2 is 2.00 bits per heavy atom. The fraction of sp³-hybridized carbons (Fsp3) is 0.176. The predicted molar refractivity (Wildman–Crippen MR) is 97.2 cm³/mol. The first-order chi connectivity index (χ1) is 11.5. The molecule has 0 aliphatic rings. The highest BCUT2D eigenvalue weighted by atomic mass is 35.5. The number of hydrogen-bond acceptors (Lipinski definition) is 3. The Morgan fingerprint density at radius 3 is 2.79 bits per heavy atom. The standard InChI is InChI=1S/C17H14Cl2N2O2S/c18-11-7-8-12(19)15(10-11)24-17-20-13-4-1-2-5-14(13)21(17)9-3-6-16(22)23/h1-2,4-5,7-8,10H,3,6,9H2,(H,22,23). The molecule has 0 aliphatic heterocycles. The van der Waals surface area contributed by atoms with Crippen LogP contribution in [0.5, 0.6) is 0 Å². The Kier molecular flexibility index (Phi) is 5.33. The topological polar surface area (TPSA) is 55.1 Å². The first-order valence-corrected chi connectivity index (χ1v) is 8.92. The van der Waals surface area contributed by atoms with E-state index in [-0.39, 0.29) is 6.42 Å². The van der Waals surface area contributed by atoms with Gasteiger partial charge in [-0.3, -0.25) is 4.79 Å². The van der Waals surface area contributed by atoms with E-state index in [1.807, 2.05) is 28.8 Å². The van der Waals surface area contributed by atoms with Crippen LogP contribution in [0.25, 0.3) is 11.0 Å². The molecule has 124 valence electrons. The zero-order chi connectivity index (χ0) is 17.1. The molecule has 3 rings (SSSR count). The van der Waals surface area contributed by atoms with Crippen molar-refractivity contribution >= 4 is 52.0 Å². The molecule has 24 heavy (non-hydrogen) atoms. The van der Waals surface area contributed by atoms with E-state index in [2.05, 4.69) is 4.98 Å². The molecular weight excluding hydrogens is 367 g/mol. The number of carboxylic acids is 1. The monoisotopic (exact) mass is 380 g/mol. The smallest absolute Gasteiger partial charge is 0.303 e. The maximum Gasteiger partial charge on any atom is 0.303 e. The largest absolute Gasteiger partial charge is 0.481 e. The Balaban J connectivity index is 1.96. The van der Waals surface area contributed by atoms with Crippen LogP contribution in [-0.4, -0.2) is 20.6 Å². The summed E-state index contributed by atoms with van der Waals surface area (Å²) in [4.78, 5) is 16.3. The van der Waals surface area contributed by atoms with Crippen molar-refractivity contribution in [2.24, 2.45) is 0 Å². The third-order valence-corrected chi connectivity index (χ3v) is 5.22. The van der Waals surface area contributed by atoms with Gasteiger partial charge in [0.1, 0.15) is 0 Å². The summed E-state index contributed by atoms with van der Waals surface area (Å²) in [5.74, 6) is -0.800. The summed E-state index contributed by atoms with van der Waals surface area (Å²) in [6.45, 7) is 0.577. The molecule has 0 atom stereocenters. The minimum absolute atomic E-state index is 0.120. The van der Waals surface area contributed by atoms with Crippen LogP contribution in [0.4, 0.5) is 0 Å². The highest BCUT2D eigenvalue weighted by Crippen LogP contribution is 2.36. The van der Waals surface area contributed by atoms with Crippen LogP contribution in [0.15, 0.2) is 52.5 Å². The Hall–Kier alpha value is -1.69. The molecule has 1 aromatic heterocycles. The molecule has 0 unspecified atom stereocenters. The molecule has 0 fully saturated rings. The molecule has 0 bridgehead atoms. The molecule has 0 spiro atoms. The predicted octanol–water partition coefficient (Wildman–Crippen LogP) is 5.36. The number of aliphatic carboxylic acids is 1. The third-order valence-electron chi connectivity index (χ3n) is 3.49. The molecule has 2 aromatic carbocycles. The number of nitrogens with zero attached hydrogens (tertiary/aromatic N) is 2. The first-order valence-electron chi connectivity index (χ1n) is 7.34. The fourth-order valence-corrected chi connectivity index (χ4v) is 3.85. The molecule has 4 nitrogen and oxygen atoms in total. The number of rotatable bonds is 6. The van der Waals surface area contributed by atoms with E-state index in [0.717, 1.165) is 21.1 Å². The summed E-state index contributed by atoms with van der Waals surface area (Å²) in [7, 11) is 0. The fourth-order valence-electron chi connectivity index (χ4n) is 2.39. The second-order valence-corrected chi connectivity index (χ2v) is 7.06. The van der Waals surface area contributed by atoms with Crippen LogP contribution >= 0.6 is 35.0 Å². The number of aromatic nitrogens is 2. The van der Waals surface area contributed by atoms with Gasteiger partial charge in [0.05, 0.1) is 16.1 Å². The SMILES string of the molecule is O=C(O)CCCn1c(Sc2cc(Cl)ccc2Cl)nc2ccccc21. The van der Waals surface area contributed by atoms with Gasteiger partial charge in [0.25, 0.3) is 0 Å². The van der Waals surface area contributed by atoms with Gasteiger partial charge in [-0.25, -0.2) is 4.98 Å². The minimum Gasteiger partial charge on any atom is -0.481 e. The lowest BCUT2D eigenvalue weighted by atomic mass is 10.3. The van der Waals surface area contributed by atoms with Crippen molar-refractivity contribution in [3.05, 3.63) is 52.5 Å². The number of halogens is 2. The van der Waals surface area contributed by atoms with Gasteiger partial charge >= 0.3 is 5.97 Å². The van der Waals surface area contributed by atoms with E-state index in [1.54, 1.807) is 18.2 Å². The molecule has 1 N–H and O–H groups in total. The lowest BCUT2D eigenvalue weighted by molar-refractivity contribution is -0.137. The van der Waals surface area contributed by atoms with Crippen molar-refractivity contribution in [2.75, 3.05) is 0 Å². The molecule has 1 heterocycles. The lowest BCUT2D eigenvalue weighted by Gasteiger charge is -2.09. The van der Waals surface area contributed by atoms with E-state index >= 15 is 0 Å². The zero-order valence-corrected chi connectivity index (χ0v) is 14.9. The van der Waals surface area contributed by atoms with Gasteiger partial charge in [-0.1, -0.05) is 35.3 Å². The number of carboxylic acid groups (broad SMARTS) is 1. The van der Waals surface area contributed by atoms with E-state index in [9.17, 15) is 4.79 Å². The van der Waals surface area contributed by atoms with Crippen molar-refractivity contribution in [2.45, 2.75) is 29.4 Å². The molecule has 0 saturated carbocycles. The normalized spacial score (nSPS) is 11.1. The van der Waals surface area contributed by atoms with Gasteiger partial charge in [-0.05, 0) is 48.5 Å². The van der Waals surface area contributed by atoms with Gasteiger partial charge < -0.3 is 9.67 Å². The molecule has 7 heteroatoms. The Morgan fingerprint density at radius 1 is 1.21 bits per heavy atom. The second kappa shape index (κ2) is 7.47. The quantitative estimate of drug-likeness (QED) is 0.625. The van der Waals surface area contributed by atoms with Gasteiger partial charge in [-0.2, -0.15) is 0 Å².